The lowest BCUT2D eigenvalue weighted by atomic mass is 9.98. The van der Waals surface area contributed by atoms with Gasteiger partial charge in [0.15, 0.2) is 0 Å². The first-order chi connectivity index (χ1) is 12.2. The summed E-state index contributed by atoms with van der Waals surface area (Å²) < 4.78 is 0. The molecule has 1 heterocycles. The van der Waals surface area contributed by atoms with Crippen LogP contribution in [0.1, 0.15) is 52.1 Å². The summed E-state index contributed by atoms with van der Waals surface area (Å²) in [6.45, 7) is 6.29. The Hall–Kier alpha value is -2.13. The van der Waals surface area contributed by atoms with Crippen molar-refractivity contribution in [1.82, 2.24) is 4.90 Å². The molecule has 0 saturated carbocycles. The highest BCUT2D eigenvalue weighted by Gasteiger charge is 2.30. The van der Waals surface area contributed by atoms with Crippen LogP contribution in [0.5, 0.6) is 0 Å². The van der Waals surface area contributed by atoms with E-state index in [2.05, 4.69) is 42.2 Å². The van der Waals surface area contributed by atoms with E-state index in [9.17, 15) is 4.79 Å². The lowest BCUT2D eigenvalue weighted by Crippen LogP contribution is -2.48. The van der Waals surface area contributed by atoms with Crippen LogP contribution in [0.3, 0.4) is 0 Å². The fourth-order valence-electron chi connectivity index (χ4n) is 3.79. The number of hydrogen-bond acceptors (Lipinski definition) is 2. The highest BCUT2D eigenvalue weighted by atomic mass is 16.2. The highest BCUT2D eigenvalue weighted by Crippen LogP contribution is 2.28. The van der Waals surface area contributed by atoms with Crippen LogP contribution in [-0.4, -0.2) is 29.9 Å². The standard InChI is InChI=1S/C22H28N2O.CH4/c1-3-22(25)24(20-12-8-5-9-13-20)21-14-16-23(17-15-21)18(2)19-10-6-4-7-11-19;/h4-13,18,21H,3,14-17H2,1-2H3;1H4. The number of carbonyl (C=O) groups excluding carboxylic acids is 1. The van der Waals surface area contributed by atoms with Crippen LogP contribution in [0, 0.1) is 0 Å². The van der Waals surface area contributed by atoms with Gasteiger partial charge in [0.25, 0.3) is 0 Å². The molecule has 0 N–H and O–H groups in total. The summed E-state index contributed by atoms with van der Waals surface area (Å²) in [7, 11) is 0. The van der Waals surface area contributed by atoms with Gasteiger partial charge < -0.3 is 4.90 Å². The van der Waals surface area contributed by atoms with Gasteiger partial charge >= 0.3 is 0 Å². The molecular formula is C23H32N2O. The van der Waals surface area contributed by atoms with E-state index in [4.69, 9.17) is 0 Å². The molecule has 26 heavy (non-hydrogen) atoms. The number of likely N-dealkylation sites (tertiary alicyclic amines) is 1. The topological polar surface area (TPSA) is 23.6 Å². The van der Waals surface area contributed by atoms with Gasteiger partial charge in [0.1, 0.15) is 0 Å². The van der Waals surface area contributed by atoms with E-state index in [1.54, 1.807) is 0 Å². The zero-order chi connectivity index (χ0) is 17.6. The molecule has 140 valence electrons. The average Bonchev–Trinajstić information content (AvgIpc) is 2.69. The van der Waals surface area contributed by atoms with Gasteiger partial charge in [0.05, 0.1) is 0 Å². The molecular weight excluding hydrogens is 320 g/mol. The van der Waals surface area contributed by atoms with Crippen LogP contribution < -0.4 is 4.90 Å². The molecule has 0 spiro atoms. The number of anilines is 1. The molecule has 1 saturated heterocycles. The van der Waals surface area contributed by atoms with Gasteiger partial charge in [-0.25, -0.2) is 0 Å². The Kier molecular flexibility index (Phi) is 7.40. The predicted molar refractivity (Wildman–Crippen MR) is 110 cm³/mol. The second kappa shape index (κ2) is 9.54. The Morgan fingerprint density at radius 1 is 1.04 bits per heavy atom. The number of nitrogens with zero attached hydrogens (tertiary/aromatic N) is 2. The third-order valence-electron chi connectivity index (χ3n) is 5.30. The summed E-state index contributed by atoms with van der Waals surface area (Å²) in [6.07, 6.45) is 2.60. The third-order valence-corrected chi connectivity index (χ3v) is 5.30. The molecule has 1 aliphatic heterocycles. The maximum atomic E-state index is 12.6. The molecule has 2 aromatic carbocycles. The number of hydrogen-bond donors (Lipinski definition) is 0. The molecule has 0 aromatic heterocycles. The monoisotopic (exact) mass is 352 g/mol. The van der Waals surface area contributed by atoms with Crippen molar-refractivity contribution in [2.45, 2.75) is 52.6 Å². The molecule has 0 aliphatic carbocycles. The number of amides is 1. The van der Waals surface area contributed by atoms with Crippen LogP contribution in [0.2, 0.25) is 0 Å². The first-order valence-electron chi connectivity index (χ1n) is 9.36. The SMILES string of the molecule is C.CCC(=O)N(c1ccccc1)C1CCN(C(C)c2ccccc2)CC1. The fraction of sp³-hybridized carbons (Fsp3) is 0.435. The van der Waals surface area contributed by atoms with Crippen molar-refractivity contribution in [3.63, 3.8) is 0 Å². The van der Waals surface area contributed by atoms with Crippen molar-refractivity contribution in [2.75, 3.05) is 18.0 Å². The average molecular weight is 353 g/mol. The normalized spacial score (nSPS) is 16.5. The largest absolute Gasteiger partial charge is 0.309 e. The molecule has 3 heteroatoms. The number of rotatable bonds is 5. The molecule has 1 unspecified atom stereocenters. The van der Waals surface area contributed by atoms with Gasteiger partial charge in [-0.1, -0.05) is 62.9 Å². The Bertz CT molecular complexity index is 663. The lowest BCUT2D eigenvalue weighted by molar-refractivity contribution is -0.119. The number of piperidine rings is 1. The van der Waals surface area contributed by atoms with E-state index in [1.165, 1.54) is 5.56 Å². The second-order valence-electron chi connectivity index (χ2n) is 6.81. The molecule has 1 atom stereocenters. The van der Waals surface area contributed by atoms with Crippen LogP contribution >= 0.6 is 0 Å². The Balaban J connectivity index is 0.00000243. The van der Waals surface area contributed by atoms with Crippen molar-refractivity contribution >= 4 is 11.6 Å². The summed E-state index contributed by atoms with van der Waals surface area (Å²) >= 11 is 0. The second-order valence-corrected chi connectivity index (χ2v) is 6.81. The molecule has 1 amide bonds. The van der Waals surface area contributed by atoms with Crippen LogP contribution in [-0.2, 0) is 4.79 Å². The number of para-hydroxylation sites is 1. The van der Waals surface area contributed by atoms with Gasteiger partial charge in [0, 0.05) is 37.3 Å². The molecule has 0 radical (unpaired) electrons. The predicted octanol–water partition coefficient (Wildman–Crippen LogP) is 5.29. The first kappa shape index (κ1) is 20.2. The molecule has 0 bridgehead atoms. The highest BCUT2D eigenvalue weighted by molar-refractivity contribution is 5.93. The van der Waals surface area contributed by atoms with Crippen molar-refractivity contribution in [1.29, 1.82) is 0 Å². The maximum absolute atomic E-state index is 12.6. The Morgan fingerprint density at radius 3 is 2.12 bits per heavy atom. The van der Waals surface area contributed by atoms with E-state index in [-0.39, 0.29) is 13.3 Å². The summed E-state index contributed by atoms with van der Waals surface area (Å²) in [5.74, 6) is 0.223. The molecule has 3 rings (SSSR count). The Labute approximate surface area is 158 Å². The quantitative estimate of drug-likeness (QED) is 0.730. The van der Waals surface area contributed by atoms with Gasteiger partial charge in [0.2, 0.25) is 5.91 Å². The minimum Gasteiger partial charge on any atom is -0.309 e. The molecule has 1 aliphatic rings. The third kappa shape index (κ3) is 4.53. The maximum Gasteiger partial charge on any atom is 0.226 e. The van der Waals surface area contributed by atoms with Gasteiger partial charge in [-0.2, -0.15) is 0 Å². The van der Waals surface area contributed by atoms with Crippen molar-refractivity contribution in [3.8, 4) is 0 Å². The van der Waals surface area contributed by atoms with Gasteiger partial charge in [-0.15, -0.1) is 0 Å². The van der Waals surface area contributed by atoms with Crippen molar-refractivity contribution in [2.24, 2.45) is 0 Å². The zero-order valence-electron chi connectivity index (χ0n) is 15.3. The van der Waals surface area contributed by atoms with E-state index in [0.29, 0.717) is 18.5 Å². The summed E-state index contributed by atoms with van der Waals surface area (Å²) in [5.41, 5.74) is 2.40. The van der Waals surface area contributed by atoms with Crippen molar-refractivity contribution in [3.05, 3.63) is 66.2 Å². The van der Waals surface area contributed by atoms with Crippen LogP contribution in [0.15, 0.2) is 60.7 Å². The van der Waals surface area contributed by atoms with Crippen LogP contribution in [0.4, 0.5) is 5.69 Å². The lowest BCUT2D eigenvalue weighted by Gasteiger charge is -2.41. The summed E-state index contributed by atoms with van der Waals surface area (Å²) in [4.78, 5) is 17.1. The van der Waals surface area contributed by atoms with E-state index >= 15 is 0 Å². The van der Waals surface area contributed by atoms with Gasteiger partial charge in [-0.3, -0.25) is 9.69 Å². The van der Waals surface area contributed by atoms with Gasteiger partial charge in [-0.05, 0) is 37.5 Å². The molecule has 3 nitrogen and oxygen atoms in total. The molecule has 1 fully saturated rings. The zero-order valence-corrected chi connectivity index (χ0v) is 15.3. The number of benzene rings is 2. The fourth-order valence-corrected chi connectivity index (χ4v) is 3.79. The summed E-state index contributed by atoms with van der Waals surface area (Å²) in [5, 5.41) is 0. The first-order valence-corrected chi connectivity index (χ1v) is 9.36. The van der Waals surface area contributed by atoms with Crippen LogP contribution in [0.25, 0.3) is 0 Å². The summed E-state index contributed by atoms with van der Waals surface area (Å²) in [6, 6.07) is 21.5. The van der Waals surface area contributed by atoms with Crippen molar-refractivity contribution < 1.29 is 4.79 Å². The minimum absolute atomic E-state index is 0. The minimum atomic E-state index is 0. The van der Waals surface area contributed by atoms with E-state index < -0.39 is 0 Å². The molecule has 2 aromatic rings. The van der Waals surface area contributed by atoms with E-state index in [0.717, 1.165) is 31.6 Å². The number of carbonyl (C=O) groups is 1. The van der Waals surface area contributed by atoms with E-state index in [1.807, 2.05) is 42.2 Å². The smallest absolute Gasteiger partial charge is 0.226 e. The Morgan fingerprint density at radius 2 is 1.58 bits per heavy atom.